The van der Waals surface area contributed by atoms with E-state index in [-0.39, 0.29) is 12.8 Å². The van der Waals surface area contributed by atoms with Gasteiger partial charge in [-0.05, 0) is 6.42 Å². The maximum absolute atomic E-state index is 9.96. The van der Waals surface area contributed by atoms with E-state index in [0.717, 1.165) is 32.0 Å². The van der Waals surface area contributed by atoms with Crippen molar-refractivity contribution >= 4 is 6.29 Å². The molecule has 0 bridgehead atoms. The highest BCUT2D eigenvalue weighted by Crippen LogP contribution is 2.05. The van der Waals surface area contributed by atoms with Crippen LogP contribution >= 0.6 is 0 Å². The molecule has 60 valence electrons. The minimum atomic E-state index is -0.262. The molecule has 0 aliphatic heterocycles. The van der Waals surface area contributed by atoms with Crippen molar-refractivity contribution in [2.45, 2.75) is 51.8 Å². The Hall–Kier alpha value is -0.330. The van der Waals surface area contributed by atoms with Crippen LogP contribution in [0.25, 0.3) is 0 Å². The van der Waals surface area contributed by atoms with Crippen molar-refractivity contribution < 1.29 is 7.54 Å². The molecule has 2 unspecified atom stereocenters. The fraction of sp³-hybridized carbons (Fsp3) is 0.889. The summed E-state index contributed by atoms with van der Waals surface area (Å²) in [6, 6.07) is 0. The van der Waals surface area contributed by atoms with Gasteiger partial charge in [0, 0.05) is 9.16 Å². The van der Waals surface area contributed by atoms with Crippen molar-refractivity contribution in [2.24, 2.45) is 0 Å². The first kappa shape index (κ1) is 6.38. The molecule has 1 nitrogen and oxygen atoms in total. The second kappa shape index (κ2) is 8.67. The summed E-state index contributed by atoms with van der Waals surface area (Å²) >= 11 is 0. The predicted molar refractivity (Wildman–Crippen MR) is 44.1 cm³/mol. The van der Waals surface area contributed by atoms with E-state index in [0.29, 0.717) is 6.42 Å². The standard InChI is InChI=1S/C9H18O/c1-2-3-4-5-6-7-8-9-10/h9H,2-8H2,1H3/i3D,4D. The molecule has 0 saturated carbocycles. The zero-order chi connectivity index (χ0) is 9.40. The highest BCUT2D eigenvalue weighted by atomic mass is 16.1. The van der Waals surface area contributed by atoms with Gasteiger partial charge in [0.05, 0.1) is 0 Å². The molecule has 0 N–H and O–H groups in total. The van der Waals surface area contributed by atoms with Crippen LogP contribution in [0.1, 0.15) is 54.6 Å². The van der Waals surface area contributed by atoms with E-state index >= 15 is 0 Å². The van der Waals surface area contributed by atoms with E-state index in [1.54, 1.807) is 0 Å². The quantitative estimate of drug-likeness (QED) is 0.396. The van der Waals surface area contributed by atoms with E-state index < -0.39 is 0 Å². The van der Waals surface area contributed by atoms with Crippen LogP contribution in [0.4, 0.5) is 0 Å². The van der Waals surface area contributed by atoms with Gasteiger partial charge in [0.1, 0.15) is 6.29 Å². The lowest BCUT2D eigenvalue weighted by Gasteiger charge is -1.95. The molecule has 0 aromatic rings. The molecule has 0 rings (SSSR count). The normalized spacial score (nSPS) is 18.9. The first-order valence-corrected chi connectivity index (χ1v) is 4.00. The first-order valence-electron chi connectivity index (χ1n) is 5.16. The third-order valence-electron chi connectivity index (χ3n) is 1.35. The predicted octanol–water partition coefficient (Wildman–Crippen LogP) is 2.94. The highest BCUT2D eigenvalue weighted by molar-refractivity contribution is 5.48. The molecular formula is C9H18O. The number of hydrogen-bond donors (Lipinski definition) is 0. The Labute approximate surface area is 66.6 Å². The largest absolute Gasteiger partial charge is 0.303 e. The average Bonchev–Trinajstić information content (AvgIpc) is 2.10. The summed E-state index contributed by atoms with van der Waals surface area (Å²) < 4.78 is 15.0. The van der Waals surface area contributed by atoms with Crippen LogP contribution in [0, 0.1) is 0 Å². The van der Waals surface area contributed by atoms with Crippen molar-refractivity contribution in [2.75, 3.05) is 0 Å². The van der Waals surface area contributed by atoms with Crippen LogP contribution in [-0.2, 0) is 4.79 Å². The lowest BCUT2D eigenvalue weighted by atomic mass is 10.1. The molecule has 1 heteroatoms. The van der Waals surface area contributed by atoms with Gasteiger partial charge in [-0.15, -0.1) is 0 Å². The molecule has 0 spiro atoms. The molecular weight excluding hydrogens is 124 g/mol. The Balaban J connectivity index is 3.30. The maximum Gasteiger partial charge on any atom is 0.119 e. The summed E-state index contributed by atoms with van der Waals surface area (Å²) in [5.41, 5.74) is 0. The Morgan fingerprint density at radius 1 is 1.30 bits per heavy atom. The molecule has 0 heterocycles. The lowest BCUT2D eigenvalue weighted by molar-refractivity contribution is -0.107. The van der Waals surface area contributed by atoms with Gasteiger partial charge < -0.3 is 4.79 Å². The molecule has 0 amide bonds. The van der Waals surface area contributed by atoms with Crippen LogP contribution < -0.4 is 0 Å². The van der Waals surface area contributed by atoms with Crippen LogP contribution in [-0.4, -0.2) is 6.29 Å². The number of carbonyl (C=O) groups excluding carboxylic acids is 1. The van der Waals surface area contributed by atoms with Gasteiger partial charge in [0.25, 0.3) is 0 Å². The first-order chi connectivity index (χ1) is 5.72. The molecule has 0 aliphatic carbocycles. The summed E-state index contributed by atoms with van der Waals surface area (Å²) in [4.78, 5) is 9.96. The van der Waals surface area contributed by atoms with Gasteiger partial charge >= 0.3 is 0 Å². The highest BCUT2D eigenvalue weighted by Gasteiger charge is 1.87. The van der Waals surface area contributed by atoms with Gasteiger partial charge in [-0.3, -0.25) is 0 Å². The van der Waals surface area contributed by atoms with Crippen molar-refractivity contribution in [3.8, 4) is 0 Å². The van der Waals surface area contributed by atoms with E-state index in [9.17, 15) is 4.79 Å². The fourth-order valence-electron chi connectivity index (χ4n) is 0.774. The van der Waals surface area contributed by atoms with Crippen molar-refractivity contribution in [1.29, 1.82) is 0 Å². The van der Waals surface area contributed by atoms with Crippen molar-refractivity contribution in [1.82, 2.24) is 0 Å². The summed E-state index contributed by atoms with van der Waals surface area (Å²) in [6.07, 6.45) is 4.29. The van der Waals surface area contributed by atoms with Crippen LogP contribution in [0.5, 0.6) is 0 Å². The lowest BCUT2D eigenvalue weighted by Crippen LogP contribution is -1.79. The third kappa shape index (κ3) is 7.67. The number of carbonyl (C=O) groups is 1. The van der Waals surface area contributed by atoms with Crippen molar-refractivity contribution in [3.05, 3.63) is 0 Å². The van der Waals surface area contributed by atoms with Gasteiger partial charge in [-0.25, -0.2) is 0 Å². The number of aldehydes is 1. The van der Waals surface area contributed by atoms with Gasteiger partial charge in [0.15, 0.2) is 0 Å². The Bertz CT molecular complexity index is 117. The Kier molecular flexibility index (Phi) is 5.54. The number of unbranched alkanes of at least 4 members (excludes halogenated alkanes) is 2. The second-order valence-electron chi connectivity index (χ2n) is 2.33. The minimum absolute atomic E-state index is 0.249. The topological polar surface area (TPSA) is 17.1 Å². The van der Waals surface area contributed by atoms with E-state index in [4.69, 9.17) is 2.74 Å². The van der Waals surface area contributed by atoms with Gasteiger partial charge in [0.2, 0.25) is 0 Å². The van der Waals surface area contributed by atoms with E-state index in [1.807, 2.05) is 6.92 Å². The summed E-state index contributed by atoms with van der Waals surface area (Å²) in [5.74, 6) is 0. The summed E-state index contributed by atoms with van der Waals surface area (Å²) in [6.45, 7) is 1.94. The van der Waals surface area contributed by atoms with E-state index in [2.05, 4.69) is 0 Å². The van der Waals surface area contributed by atoms with Gasteiger partial charge in [-0.1, -0.05) is 39.0 Å². The Morgan fingerprint density at radius 2 is 2.10 bits per heavy atom. The molecule has 0 saturated heterocycles. The maximum atomic E-state index is 9.96. The van der Waals surface area contributed by atoms with E-state index in [1.165, 1.54) is 0 Å². The molecule has 2 atom stereocenters. The minimum Gasteiger partial charge on any atom is -0.303 e. The molecule has 0 fully saturated rings. The second-order valence-corrected chi connectivity index (χ2v) is 2.33. The SMILES string of the molecule is [2H]C(CC)C([2H])CCCCC=O. The summed E-state index contributed by atoms with van der Waals surface area (Å²) in [5, 5.41) is 0. The summed E-state index contributed by atoms with van der Waals surface area (Å²) in [7, 11) is 0. The van der Waals surface area contributed by atoms with Crippen LogP contribution in [0.15, 0.2) is 0 Å². The molecule has 0 aromatic heterocycles. The smallest absolute Gasteiger partial charge is 0.119 e. The fourth-order valence-corrected chi connectivity index (χ4v) is 0.774. The monoisotopic (exact) mass is 144 g/mol. The molecule has 0 aliphatic rings. The zero-order valence-electron chi connectivity index (χ0n) is 8.68. The van der Waals surface area contributed by atoms with Gasteiger partial charge in [-0.2, -0.15) is 0 Å². The number of hydrogen-bond acceptors (Lipinski definition) is 1. The molecule has 0 radical (unpaired) electrons. The van der Waals surface area contributed by atoms with Crippen LogP contribution in [0.3, 0.4) is 0 Å². The molecule has 0 aromatic carbocycles. The number of rotatable bonds is 7. The van der Waals surface area contributed by atoms with Crippen molar-refractivity contribution in [3.63, 3.8) is 0 Å². The third-order valence-corrected chi connectivity index (χ3v) is 1.35. The average molecular weight is 144 g/mol. The zero-order valence-corrected chi connectivity index (χ0v) is 6.68. The Morgan fingerprint density at radius 3 is 2.70 bits per heavy atom. The van der Waals surface area contributed by atoms with Crippen LogP contribution in [0.2, 0.25) is 0 Å². The molecule has 10 heavy (non-hydrogen) atoms.